The van der Waals surface area contributed by atoms with Gasteiger partial charge >= 0.3 is 0 Å². The summed E-state index contributed by atoms with van der Waals surface area (Å²) in [6.07, 6.45) is 5.30. The van der Waals surface area contributed by atoms with Gasteiger partial charge in [-0.3, -0.25) is 9.89 Å². The number of rotatable bonds is 3. The first kappa shape index (κ1) is 17.6. The summed E-state index contributed by atoms with van der Waals surface area (Å²) < 4.78 is 19.9. The van der Waals surface area contributed by atoms with Crippen LogP contribution in [0.5, 0.6) is 0 Å². The fourth-order valence-electron chi connectivity index (χ4n) is 3.90. The summed E-state index contributed by atoms with van der Waals surface area (Å²) in [5, 5.41) is 7.62. The van der Waals surface area contributed by atoms with Crippen LogP contribution in [-0.2, 0) is 4.74 Å². The molecule has 0 saturated carbocycles. The van der Waals surface area contributed by atoms with E-state index in [1.807, 2.05) is 24.4 Å². The van der Waals surface area contributed by atoms with Gasteiger partial charge < -0.3 is 14.6 Å². The van der Waals surface area contributed by atoms with Gasteiger partial charge in [0.2, 0.25) is 0 Å². The van der Waals surface area contributed by atoms with Crippen molar-refractivity contribution < 1.29 is 13.9 Å². The molecule has 2 aromatic heterocycles. The predicted molar refractivity (Wildman–Crippen MR) is 107 cm³/mol. The van der Waals surface area contributed by atoms with Crippen molar-refractivity contribution in [2.45, 2.75) is 6.04 Å². The fraction of sp³-hybridized carbons (Fsp3) is 0.182. The maximum atomic E-state index is 14.4. The van der Waals surface area contributed by atoms with Crippen LogP contribution < -0.4 is 0 Å². The Morgan fingerprint density at radius 1 is 1.17 bits per heavy atom. The summed E-state index contributed by atoms with van der Waals surface area (Å²) in [5.41, 5.74) is 3.89. The van der Waals surface area contributed by atoms with Crippen molar-refractivity contribution in [3.05, 3.63) is 78.0 Å². The Kier molecular flexibility index (Phi) is 4.37. The van der Waals surface area contributed by atoms with Crippen LogP contribution in [0.1, 0.15) is 22.0 Å². The molecule has 146 valence electrons. The van der Waals surface area contributed by atoms with E-state index in [0.717, 1.165) is 22.0 Å². The highest BCUT2D eigenvalue weighted by Gasteiger charge is 2.32. The maximum absolute atomic E-state index is 14.4. The topological polar surface area (TPSA) is 74.0 Å². The molecule has 4 aromatic rings. The predicted octanol–water partition coefficient (Wildman–Crippen LogP) is 3.91. The molecule has 2 N–H and O–H groups in total. The third-order valence-electron chi connectivity index (χ3n) is 5.40. The van der Waals surface area contributed by atoms with E-state index < -0.39 is 6.04 Å². The van der Waals surface area contributed by atoms with Crippen LogP contribution >= 0.6 is 0 Å². The van der Waals surface area contributed by atoms with E-state index in [0.29, 0.717) is 24.3 Å². The molecule has 1 aliphatic rings. The molecule has 0 spiro atoms. The van der Waals surface area contributed by atoms with Gasteiger partial charge in [-0.05, 0) is 17.7 Å². The number of fused-ring (bicyclic) bond motifs is 1. The van der Waals surface area contributed by atoms with Gasteiger partial charge in [-0.15, -0.1) is 0 Å². The summed E-state index contributed by atoms with van der Waals surface area (Å²) in [6, 6.07) is 12.0. The number of carbonyl (C=O) groups is 1. The number of halogens is 1. The Morgan fingerprint density at radius 3 is 2.90 bits per heavy atom. The number of hydrogen-bond donors (Lipinski definition) is 2. The minimum Gasteiger partial charge on any atom is -0.377 e. The Balaban J connectivity index is 1.50. The number of aromatic amines is 2. The lowest BCUT2D eigenvalue weighted by Gasteiger charge is -2.36. The van der Waals surface area contributed by atoms with Crippen LogP contribution in [0.15, 0.2) is 61.1 Å². The Morgan fingerprint density at radius 2 is 2.07 bits per heavy atom. The van der Waals surface area contributed by atoms with Crippen molar-refractivity contribution in [3.63, 3.8) is 0 Å². The van der Waals surface area contributed by atoms with Crippen molar-refractivity contribution in [2.24, 2.45) is 0 Å². The van der Waals surface area contributed by atoms with Gasteiger partial charge in [0.05, 0.1) is 31.0 Å². The average molecular weight is 390 g/mol. The molecule has 6 nitrogen and oxygen atoms in total. The summed E-state index contributed by atoms with van der Waals surface area (Å²) in [5.74, 6) is -0.464. The number of carbonyl (C=O) groups excluding carboxylic acids is 1. The zero-order valence-corrected chi connectivity index (χ0v) is 15.6. The van der Waals surface area contributed by atoms with Gasteiger partial charge in [-0.2, -0.15) is 5.10 Å². The number of aromatic nitrogens is 3. The van der Waals surface area contributed by atoms with Gasteiger partial charge in [0.25, 0.3) is 5.91 Å². The molecule has 29 heavy (non-hydrogen) atoms. The van der Waals surface area contributed by atoms with E-state index in [-0.39, 0.29) is 18.3 Å². The number of amides is 1. The molecular formula is C22H19FN4O2. The average Bonchev–Trinajstić information content (AvgIpc) is 3.43. The van der Waals surface area contributed by atoms with Crippen molar-refractivity contribution in [1.29, 1.82) is 0 Å². The van der Waals surface area contributed by atoms with Crippen LogP contribution in [0.4, 0.5) is 4.39 Å². The SMILES string of the molecule is O=C(c1c[nH]c2cc(-c3cn[nH]c3)ccc12)N1CCOCC1c1ccccc1F. The number of nitrogens with zero attached hydrogens (tertiary/aromatic N) is 2. The number of ether oxygens (including phenoxy) is 1. The quantitative estimate of drug-likeness (QED) is 0.557. The van der Waals surface area contributed by atoms with E-state index in [4.69, 9.17) is 4.74 Å². The highest BCUT2D eigenvalue weighted by Crippen LogP contribution is 2.31. The molecule has 0 aliphatic carbocycles. The molecule has 1 atom stereocenters. The Bertz CT molecular complexity index is 1170. The molecule has 1 fully saturated rings. The third kappa shape index (κ3) is 3.09. The maximum Gasteiger partial charge on any atom is 0.256 e. The normalized spacial score (nSPS) is 17.0. The van der Waals surface area contributed by atoms with Crippen LogP contribution in [0.3, 0.4) is 0 Å². The summed E-state index contributed by atoms with van der Waals surface area (Å²) in [4.78, 5) is 18.3. The monoisotopic (exact) mass is 390 g/mol. The minimum atomic E-state index is -0.451. The number of H-pyrrole nitrogens is 2. The second-order valence-corrected chi connectivity index (χ2v) is 7.06. The Labute approximate surface area is 166 Å². The lowest BCUT2D eigenvalue weighted by Crippen LogP contribution is -2.43. The van der Waals surface area contributed by atoms with Crippen molar-refractivity contribution >= 4 is 16.8 Å². The second kappa shape index (κ2) is 7.18. The molecule has 0 bridgehead atoms. The smallest absolute Gasteiger partial charge is 0.256 e. The molecule has 1 aliphatic heterocycles. The lowest BCUT2D eigenvalue weighted by atomic mass is 10.0. The van der Waals surface area contributed by atoms with Crippen LogP contribution in [-0.4, -0.2) is 45.7 Å². The lowest BCUT2D eigenvalue weighted by molar-refractivity contribution is -0.00352. The van der Waals surface area contributed by atoms with Gasteiger partial charge in [-0.25, -0.2) is 4.39 Å². The van der Waals surface area contributed by atoms with Crippen LogP contribution in [0, 0.1) is 5.82 Å². The first-order valence-electron chi connectivity index (χ1n) is 9.46. The van der Waals surface area contributed by atoms with Crippen molar-refractivity contribution in [1.82, 2.24) is 20.1 Å². The second-order valence-electron chi connectivity index (χ2n) is 7.06. The van der Waals surface area contributed by atoms with E-state index in [2.05, 4.69) is 15.2 Å². The standard InChI is InChI=1S/C22H19FN4O2/c23-19-4-2-1-3-17(19)21-13-29-8-7-27(21)22(28)18-12-24-20-9-14(5-6-16(18)20)15-10-25-26-11-15/h1-6,9-12,21,24H,7-8,13H2,(H,25,26). The number of morpholine rings is 1. The number of nitrogens with one attached hydrogen (secondary N) is 2. The molecule has 2 aromatic carbocycles. The minimum absolute atomic E-state index is 0.135. The molecular weight excluding hydrogens is 371 g/mol. The molecule has 1 saturated heterocycles. The van der Waals surface area contributed by atoms with Crippen molar-refractivity contribution in [3.8, 4) is 11.1 Å². The fourth-order valence-corrected chi connectivity index (χ4v) is 3.90. The first-order chi connectivity index (χ1) is 14.2. The van der Waals surface area contributed by atoms with E-state index >= 15 is 0 Å². The number of benzene rings is 2. The van der Waals surface area contributed by atoms with Gasteiger partial charge in [0, 0.05) is 41.0 Å². The number of hydrogen-bond acceptors (Lipinski definition) is 3. The third-order valence-corrected chi connectivity index (χ3v) is 5.40. The molecule has 1 unspecified atom stereocenters. The largest absolute Gasteiger partial charge is 0.377 e. The summed E-state index contributed by atoms with van der Waals surface area (Å²) in [7, 11) is 0. The molecule has 5 rings (SSSR count). The Hall–Kier alpha value is -3.45. The van der Waals surface area contributed by atoms with Crippen LogP contribution in [0.2, 0.25) is 0 Å². The van der Waals surface area contributed by atoms with E-state index in [1.54, 1.807) is 35.5 Å². The van der Waals surface area contributed by atoms with E-state index in [1.165, 1.54) is 6.07 Å². The van der Waals surface area contributed by atoms with Crippen molar-refractivity contribution in [2.75, 3.05) is 19.8 Å². The first-order valence-corrected chi connectivity index (χ1v) is 9.46. The molecule has 1 amide bonds. The molecule has 0 radical (unpaired) electrons. The summed E-state index contributed by atoms with van der Waals surface area (Å²) >= 11 is 0. The van der Waals surface area contributed by atoms with Gasteiger partial charge in [-0.1, -0.05) is 30.3 Å². The zero-order valence-electron chi connectivity index (χ0n) is 15.6. The van der Waals surface area contributed by atoms with Gasteiger partial charge in [0.15, 0.2) is 0 Å². The summed E-state index contributed by atoms with van der Waals surface area (Å²) in [6.45, 7) is 1.13. The highest BCUT2D eigenvalue weighted by molar-refractivity contribution is 6.07. The van der Waals surface area contributed by atoms with E-state index in [9.17, 15) is 9.18 Å². The zero-order chi connectivity index (χ0) is 19.8. The molecule has 3 heterocycles. The van der Waals surface area contributed by atoms with Crippen LogP contribution in [0.25, 0.3) is 22.0 Å². The molecule has 7 heteroatoms. The van der Waals surface area contributed by atoms with Gasteiger partial charge in [0.1, 0.15) is 5.82 Å². The highest BCUT2D eigenvalue weighted by atomic mass is 19.1.